The lowest BCUT2D eigenvalue weighted by Gasteiger charge is -2.55. The van der Waals surface area contributed by atoms with Gasteiger partial charge in [-0.3, -0.25) is 9.35 Å². The summed E-state index contributed by atoms with van der Waals surface area (Å²) in [6.45, 7) is -0.525. The second-order valence-corrected chi connectivity index (χ2v) is 9.12. The van der Waals surface area contributed by atoms with Crippen molar-refractivity contribution >= 4 is 16.1 Å². The van der Waals surface area contributed by atoms with Gasteiger partial charge >= 0.3 is 5.97 Å². The van der Waals surface area contributed by atoms with E-state index in [9.17, 15) is 22.0 Å². The lowest BCUT2D eigenvalue weighted by atomic mass is 9.49. The zero-order valence-corrected chi connectivity index (χ0v) is 13.7. The Balaban J connectivity index is 1.54. The first kappa shape index (κ1) is 17.1. The van der Waals surface area contributed by atoms with Gasteiger partial charge in [0.25, 0.3) is 16.0 Å². The molecule has 4 aliphatic rings. The largest absolute Gasteiger partial charge is 0.465 e. The number of halogens is 2. The Morgan fingerprint density at radius 3 is 2.04 bits per heavy atom. The summed E-state index contributed by atoms with van der Waals surface area (Å²) in [6, 6.07) is 0. The van der Waals surface area contributed by atoms with Crippen LogP contribution in [0.3, 0.4) is 0 Å². The van der Waals surface area contributed by atoms with Crippen LogP contribution < -0.4 is 0 Å². The minimum absolute atomic E-state index is 0.403. The smallest absolute Gasteiger partial charge is 0.312 e. The first-order chi connectivity index (χ1) is 10.6. The molecule has 0 heterocycles. The summed E-state index contributed by atoms with van der Waals surface area (Å²) in [5.74, 6) is -4.00. The van der Waals surface area contributed by atoms with Crippen LogP contribution in [0.4, 0.5) is 8.78 Å². The molecule has 0 unspecified atom stereocenters. The molecule has 23 heavy (non-hydrogen) atoms. The maximum absolute atomic E-state index is 13.4. The van der Waals surface area contributed by atoms with E-state index < -0.39 is 46.2 Å². The third kappa shape index (κ3) is 3.84. The molecule has 1 N–H and O–H groups in total. The molecule has 0 aromatic heterocycles. The molecule has 132 valence electrons. The van der Waals surface area contributed by atoms with Crippen molar-refractivity contribution in [3.05, 3.63) is 0 Å². The molecule has 4 aliphatic carbocycles. The summed E-state index contributed by atoms with van der Waals surface area (Å²) in [5.41, 5.74) is -0.507. The third-order valence-corrected chi connectivity index (χ3v) is 6.35. The normalized spacial score (nSPS) is 36.2. The molecule has 4 rings (SSSR count). The van der Waals surface area contributed by atoms with Crippen LogP contribution in [-0.4, -0.2) is 37.2 Å². The predicted molar refractivity (Wildman–Crippen MR) is 77.5 cm³/mol. The second kappa shape index (κ2) is 5.65. The van der Waals surface area contributed by atoms with Crippen LogP contribution in [0, 0.1) is 23.2 Å². The molecule has 4 fully saturated rings. The van der Waals surface area contributed by atoms with E-state index in [1.807, 2.05) is 0 Å². The highest BCUT2D eigenvalue weighted by Gasteiger charge is 2.55. The molecule has 4 bridgehead atoms. The number of carbonyl (C=O) groups excluding carboxylic acids is 1. The highest BCUT2D eigenvalue weighted by atomic mass is 32.2. The Kier molecular flexibility index (Phi) is 4.20. The summed E-state index contributed by atoms with van der Waals surface area (Å²) in [5, 5.41) is 0. The number of hydrogen-bond acceptors (Lipinski definition) is 4. The molecule has 0 aromatic rings. The van der Waals surface area contributed by atoms with Gasteiger partial charge in [-0.25, -0.2) is 8.78 Å². The molecule has 0 radical (unpaired) electrons. The Bertz CT molecular complexity index is 551. The number of ether oxygens (including phenoxy) is 1. The van der Waals surface area contributed by atoms with E-state index in [-0.39, 0.29) is 0 Å². The van der Waals surface area contributed by atoms with Crippen molar-refractivity contribution in [3.63, 3.8) is 0 Å². The van der Waals surface area contributed by atoms with Gasteiger partial charge in [-0.15, -0.1) is 0 Å². The zero-order valence-electron chi connectivity index (χ0n) is 12.8. The summed E-state index contributed by atoms with van der Waals surface area (Å²) < 4.78 is 61.5. The van der Waals surface area contributed by atoms with E-state index in [0.29, 0.717) is 17.8 Å². The SMILES string of the molecule is O=C(OCCC(F)(F)CS(=O)(=O)O)C12CC3CC(CC(C3)C1)C2. The molecule has 4 saturated carbocycles. The van der Waals surface area contributed by atoms with Crippen molar-refractivity contribution in [3.8, 4) is 0 Å². The first-order valence-corrected chi connectivity index (χ1v) is 9.68. The lowest BCUT2D eigenvalue weighted by Crippen LogP contribution is -2.50. The summed E-state index contributed by atoms with van der Waals surface area (Å²) in [7, 11) is -4.76. The average Bonchev–Trinajstić information content (AvgIpc) is 2.33. The van der Waals surface area contributed by atoms with Gasteiger partial charge in [0.2, 0.25) is 0 Å². The van der Waals surface area contributed by atoms with Crippen LogP contribution in [0.15, 0.2) is 0 Å². The second-order valence-electron chi connectivity index (χ2n) is 7.67. The lowest BCUT2D eigenvalue weighted by molar-refractivity contribution is -0.173. The van der Waals surface area contributed by atoms with E-state index in [1.54, 1.807) is 0 Å². The molecule has 0 atom stereocenters. The van der Waals surface area contributed by atoms with Crippen LogP contribution in [0.1, 0.15) is 44.9 Å². The van der Waals surface area contributed by atoms with Crippen molar-refractivity contribution in [1.82, 2.24) is 0 Å². The Morgan fingerprint density at radius 1 is 1.13 bits per heavy atom. The molecule has 0 amide bonds. The minimum atomic E-state index is -4.76. The summed E-state index contributed by atoms with van der Waals surface area (Å²) in [6.07, 6.45) is 4.97. The maximum Gasteiger partial charge on any atom is 0.312 e. The maximum atomic E-state index is 13.4. The third-order valence-electron chi connectivity index (χ3n) is 5.57. The molecule has 0 aliphatic heterocycles. The number of rotatable bonds is 6. The number of alkyl halides is 2. The summed E-state index contributed by atoms with van der Waals surface area (Å²) >= 11 is 0. The topological polar surface area (TPSA) is 80.7 Å². The molecule has 5 nitrogen and oxygen atoms in total. The first-order valence-electron chi connectivity index (χ1n) is 8.07. The minimum Gasteiger partial charge on any atom is -0.465 e. The fraction of sp³-hybridized carbons (Fsp3) is 0.933. The van der Waals surface area contributed by atoms with E-state index in [4.69, 9.17) is 9.29 Å². The van der Waals surface area contributed by atoms with Crippen LogP contribution in [0.25, 0.3) is 0 Å². The predicted octanol–water partition coefficient (Wildman–Crippen LogP) is 2.66. The van der Waals surface area contributed by atoms with Crippen LogP contribution >= 0.6 is 0 Å². The summed E-state index contributed by atoms with van der Waals surface area (Å²) in [4.78, 5) is 12.4. The van der Waals surface area contributed by atoms with Gasteiger partial charge in [0.05, 0.1) is 12.0 Å². The van der Waals surface area contributed by atoms with E-state index >= 15 is 0 Å². The van der Waals surface area contributed by atoms with E-state index in [1.165, 1.54) is 0 Å². The Morgan fingerprint density at radius 2 is 1.61 bits per heavy atom. The highest BCUT2D eigenvalue weighted by Crippen LogP contribution is 2.60. The van der Waals surface area contributed by atoms with Gasteiger partial charge in [0.15, 0.2) is 0 Å². The van der Waals surface area contributed by atoms with Crippen molar-refractivity contribution in [1.29, 1.82) is 0 Å². The Labute approximate surface area is 134 Å². The van der Waals surface area contributed by atoms with Crippen LogP contribution in [0.5, 0.6) is 0 Å². The highest BCUT2D eigenvalue weighted by molar-refractivity contribution is 7.85. The average molecular weight is 352 g/mol. The fourth-order valence-corrected chi connectivity index (χ4v) is 5.82. The van der Waals surface area contributed by atoms with Crippen molar-refractivity contribution < 1.29 is 31.3 Å². The van der Waals surface area contributed by atoms with E-state index in [0.717, 1.165) is 38.5 Å². The van der Waals surface area contributed by atoms with Crippen LogP contribution in [-0.2, 0) is 19.6 Å². The molecule has 0 spiro atoms. The van der Waals surface area contributed by atoms with Crippen LogP contribution in [0.2, 0.25) is 0 Å². The van der Waals surface area contributed by atoms with Gasteiger partial charge in [0, 0.05) is 6.42 Å². The molecule has 0 saturated heterocycles. The standard InChI is InChI=1S/C15H22F2O5S/c16-15(17,9-23(19,20)21)1-2-22-13(18)14-6-10-3-11(7-14)5-12(4-10)8-14/h10-12H,1-9H2,(H,19,20,21). The molecule has 0 aromatic carbocycles. The van der Waals surface area contributed by atoms with Gasteiger partial charge in [-0.05, 0) is 56.3 Å². The molecule has 8 heteroatoms. The quantitative estimate of drug-likeness (QED) is 0.587. The monoisotopic (exact) mass is 352 g/mol. The fourth-order valence-electron chi connectivity index (χ4n) is 5.15. The molecular formula is C15H22F2O5S. The Hall–Kier alpha value is -0.760. The van der Waals surface area contributed by atoms with Crippen molar-refractivity contribution in [2.75, 3.05) is 12.4 Å². The zero-order chi connectivity index (χ0) is 16.9. The number of esters is 1. The van der Waals surface area contributed by atoms with E-state index in [2.05, 4.69) is 0 Å². The molecular weight excluding hydrogens is 330 g/mol. The van der Waals surface area contributed by atoms with Gasteiger partial charge in [-0.1, -0.05) is 0 Å². The number of carbonyl (C=O) groups is 1. The van der Waals surface area contributed by atoms with Gasteiger partial charge in [-0.2, -0.15) is 8.42 Å². The van der Waals surface area contributed by atoms with Crippen molar-refractivity contribution in [2.24, 2.45) is 23.2 Å². The van der Waals surface area contributed by atoms with Crippen molar-refractivity contribution in [2.45, 2.75) is 50.9 Å². The van der Waals surface area contributed by atoms with Gasteiger partial charge < -0.3 is 4.74 Å². The number of hydrogen-bond donors (Lipinski definition) is 1. The van der Waals surface area contributed by atoms with Gasteiger partial charge in [0.1, 0.15) is 5.75 Å².